The highest BCUT2D eigenvalue weighted by molar-refractivity contribution is 6.90. The molecule has 5 atom stereocenters. The molecular weight excluding hydrogens is 425 g/mol. The molecular formula is C26H46BNO2Si2. The molecule has 3 nitrogen and oxygen atoms in total. The average molecular weight is 472 g/mol. The highest BCUT2D eigenvalue weighted by Gasteiger charge is 2.69. The quantitative estimate of drug-likeness (QED) is 0.430. The molecule has 0 spiro atoms. The molecule has 0 aromatic heterocycles. The molecule has 6 heteroatoms. The van der Waals surface area contributed by atoms with Gasteiger partial charge in [0.15, 0.2) is 0 Å². The van der Waals surface area contributed by atoms with E-state index in [0.29, 0.717) is 11.3 Å². The summed E-state index contributed by atoms with van der Waals surface area (Å²) >= 11 is 0. The van der Waals surface area contributed by atoms with Crippen LogP contribution in [-0.2, 0) is 22.2 Å². The van der Waals surface area contributed by atoms with Gasteiger partial charge in [-0.15, -0.1) is 0 Å². The summed E-state index contributed by atoms with van der Waals surface area (Å²) in [7, 11) is -3.34. The molecule has 1 saturated heterocycles. The molecule has 4 fully saturated rings. The summed E-state index contributed by atoms with van der Waals surface area (Å²) in [6.07, 6.45) is 4.81. The summed E-state index contributed by atoms with van der Waals surface area (Å²) in [4.78, 5) is 0. The van der Waals surface area contributed by atoms with Crippen molar-refractivity contribution < 1.29 is 9.31 Å². The smallest absolute Gasteiger partial charge is 0.404 e. The Balaban J connectivity index is 1.69. The van der Waals surface area contributed by atoms with Crippen molar-refractivity contribution in [2.24, 2.45) is 17.3 Å². The summed E-state index contributed by atoms with van der Waals surface area (Å²) in [6.45, 7) is 24.5. The standard InChI is InChI=1S/C26H46BNO2Si2/c1-11-19-13-12-14-20(15-19)16-24(28(31(5,6)7)32(8,9)10)27-29-23-18-21-17-22(25(21,2)3)26(23,4)30-27/h12-15,21-24H,11,16-18H2,1-10H3/t21-,22-,23+,24-,26-/m0/s1. The lowest BCUT2D eigenvalue weighted by Crippen LogP contribution is -2.68. The second-order valence-electron chi connectivity index (χ2n) is 13.5. The van der Waals surface area contributed by atoms with Crippen LogP contribution in [0.15, 0.2) is 24.3 Å². The van der Waals surface area contributed by atoms with Crippen LogP contribution in [0.1, 0.15) is 51.7 Å². The molecule has 3 saturated carbocycles. The van der Waals surface area contributed by atoms with Gasteiger partial charge in [-0.25, -0.2) is 0 Å². The van der Waals surface area contributed by atoms with Crippen molar-refractivity contribution in [3.63, 3.8) is 0 Å². The van der Waals surface area contributed by atoms with Gasteiger partial charge >= 0.3 is 7.12 Å². The Labute approximate surface area is 200 Å². The van der Waals surface area contributed by atoms with Gasteiger partial charge in [-0.2, -0.15) is 0 Å². The molecule has 0 amide bonds. The fourth-order valence-corrected chi connectivity index (χ4v) is 18.1. The Morgan fingerprint density at radius 2 is 1.66 bits per heavy atom. The van der Waals surface area contributed by atoms with E-state index >= 15 is 0 Å². The molecule has 0 N–H and O–H groups in total. The number of aryl methyl sites for hydroxylation is 1. The predicted octanol–water partition coefficient (Wildman–Crippen LogP) is 6.40. The first-order chi connectivity index (χ1) is 14.7. The maximum absolute atomic E-state index is 7.08. The van der Waals surface area contributed by atoms with Crippen LogP contribution in [0, 0.1) is 17.3 Å². The topological polar surface area (TPSA) is 21.7 Å². The number of benzene rings is 1. The van der Waals surface area contributed by atoms with Crippen molar-refractivity contribution in [3.05, 3.63) is 35.4 Å². The van der Waals surface area contributed by atoms with E-state index in [4.69, 9.17) is 9.31 Å². The van der Waals surface area contributed by atoms with Crippen molar-refractivity contribution in [3.8, 4) is 0 Å². The minimum atomic E-state index is -1.60. The predicted molar refractivity (Wildman–Crippen MR) is 142 cm³/mol. The summed E-state index contributed by atoms with van der Waals surface area (Å²) in [5.74, 6) is 1.68. The van der Waals surface area contributed by atoms with Crippen molar-refractivity contribution in [1.29, 1.82) is 0 Å². The lowest BCUT2D eigenvalue weighted by Gasteiger charge is -2.64. The van der Waals surface area contributed by atoms with E-state index in [1.165, 1.54) is 17.5 Å². The van der Waals surface area contributed by atoms with Crippen LogP contribution in [0.25, 0.3) is 0 Å². The van der Waals surface area contributed by atoms with Crippen LogP contribution in [0.4, 0.5) is 0 Å². The monoisotopic (exact) mass is 471 g/mol. The molecule has 4 aliphatic rings. The Morgan fingerprint density at radius 1 is 1.03 bits per heavy atom. The third-order valence-electron chi connectivity index (χ3n) is 8.90. The largest absolute Gasteiger partial charge is 0.475 e. The number of hydrogen-bond acceptors (Lipinski definition) is 3. The molecule has 1 aromatic carbocycles. The van der Waals surface area contributed by atoms with Gasteiger partial charge in [0.2, 0.25) is 0 Å². The van der Waals surface area contributed by atoms with Crippen LogP contribution >= 0.6 is 0 Å². The van der Waals surface area contributed by atoms with Gasteiger partial charge < -0.3 is 13.5 Å². The normalized spacial score (nSPS) is 32.6. The van der Waals surface area contributed by atoms with Crippen LogP contribution in [0.2, 0.25) is 39.3 Å². The van der Waals surface area contributed by atoms with Gasteiger partial charge in [0, 0.05) is 5.94 Å². The minimum absolute atomic E-state index is 0.135. The van der Waals surface area contributed by atoms with Gasteiger partial charge in [-0.05, 0) is 61.0 Å². The van der Waals surface area contributed by atoms with E-state index in [2.05, 4.69) is 95.5 Å². The van der Waals surface area contributed by atoms with E-state index in [1.807, 2.05) is 0 Å². The van der Waals surface area contributed by atoms with Gasteiger partial charge in [0.05, 0.1) is 11.7 Å². The van der Waals surface area contributed by atoms with Crippen molar-refractivity contribution >= 4 is 23.6 Å². The number of hydrogen-bond donors (Lipinski definition) is 0. The van der Waals surface area contributed by atoms with Gasteiger partial charge in [-0.1, -0.05) is 84.3 Å². The fourth-order valence-electron chi connectivity index (χ4n) is 7.59. The van der Waals surface area contributed by atoms with E-state index < -0.39 is 16.5 Å². The Hall–Kier alpha value is -0.401. The Bertz CT molecular complexity index is 835. The molecule has 1 aromatic rings. The Kier molecular flexibility index (Phi) is 6.24. The summed E-state index contributed by atoms with van der Waals surface area (Å²) < 4.78 is 16.9. The van der Waals surface area contributed by atoms with Crippen LogP contribution in [0.3, 0.4) is 0 Å². The highest BCUT2D eigenvalue weighted by Crippen LogP contribution is 2.65. The zero-order chi connectivity index (χ0) is 23.7. The molecule has 3 aliphatic carbocycles. The van der Waals surface area contributed by atoms with Crippen LogP contribution < -0.4 is 0 Å². The average Bonchev–Trinajstić information content (AvgIpc) is 3.02. The van der Waals surface area contributed by atoms with Crippen molar-refractivity contribution in [2.45, 2.75) is 110 Å². The highest BCUT2D eigenvalue weighted by atomic mass is 28.4. The molecule has 2 bridgehead atoms. The van der Waals surface area contributed by atoms with Crippen molar-refractivity contribution in [2.75, 3.05) is 0 Å². The van der Waals surface area contributed by atoms with E-state index in [9.17, 15) is 0 Å². The first-order valence-corrected chi connectivity index (χ1v) is 19.8. The van der Waals surface area contributed by atoms with Crippen molar-refractivity contribution in [1.82, 2.24) is 4.23 Å². The number of nitrogens with zero attached hydrogens (tertiary/aromatic N) is 1. The fraction of sp³-hybridized carbons (Fsp3) is 0.769. The first kappa shape index (κ1) is 24.7. The molecule has 5 rings (SSSR count). The minimum Gasteiger partial charge on any atom is -0.404 e. The molecule has 178 valence electrons. The van der Waals surface area contributed by atoms with E-state index in [0.717, 1.165) is 25.2 Å². The van der Waals surface area contributed by atoms with E-state index in [-0.39, 0.29) is 24.8 Å². The van der Waals surface area contributed by atoms with E-state index in [1.54, 1.807) is 0 Å². The molecule has 32 heavy (non-hydrogen) atoms. The maximum atomic E-state index is 7.08. The van der Waals surface area contributed by atoms with Gasteiger partial charge in [0.25, 0.3) is 0 Å². The number of rotatable bonds is 7. The second kappa shape index (κ2) is 8.08. The molecule has 0 radical (unpaired) electrons. The zero-order valence-corrected chi connectivity index (χ0v) is 24.3. The van der Waals surface area contributed by atoms with Gasteiger partial charge in [-0.3, -0.25) is 0 Å². The zero-order valence-electron chi connectivity index (χ0n) is 22.3. The lowest BCUT2D eigenvalue weighted by molar-refractivity contribution is -0.199. The third kappa shape index (κ3) is 4.13. The maximum Gasteiger partial charge on any atom is 0.475 e. The Morgan fingerprint density at radius 3 is 2.22 bits per heavy atom. The van der Waals surface area contributed by atoms with Crippen LogP contribution in [0.5, 0.6) is 0 Å². The van der Waals surface area contributed by atoms with Crippen LogP contribution in [-0.4, -0.2) is 45.5 Å². The molecule has 1 aliphatic heterocycles. The molecule has 1 heterocycles. The summed E-state index contributed by atoms with van der Waals surface area (Å²) in [5, 5.41) is 0. The SMILES string of the molecule is CCc1cccc(C[C@@H](B2O[C@@H]3C[C@@H]4C[C@@H](C4(C)C)[C@]3(C)O2)N([Si](C)(C)C)[Si](C)(C)C)c1. The van der Waals surface area contributed by atoms with Gasteiger partial charge in [0.1, 0.15) is 16.5 Å². The third-order valence-corrected chi connectivity index (χ3v) is 16.5. The summed E-state index contributed by atoms with van der Waals surface area (Å²) in [6, 6.07) is 9.19. The lowest BCUT2D eigenvalue weighted by atomic mass is 9.43. The first-order valence-electron chi connectivity index (χ1n) is 12.9. The summed E-state index contributed by atoms with van der Waals surface area (Å²) in [5.41, 5.74) is 3.08. The molecule has 0 unspecified atom stereocenters. The second-order valence-corrected chi connectivity index (χ2v) is 23.6.